The molecule has 0 saturated carbocycles. The van der Waals surface area contributed by atoms with E-state index in [1.807, 2.05) is 0 Å². The van der Waals surface area contributed by atoms with Gasteiger partial charge < -0.3 is 9.84 Å². The number of aliphatic hydroxyl groups is 1. The third kappa shape index (κ3) is 4.85. The van der Waals surface area contributed by atoms with Gasteiger partial charge in [-0.25, -0.2) is 17.6 Å². The van der Waals surface area contributed by atoms with E-state index in [4.69, 9.17) is 5.11 Å². The van der Waals surface area contributed by atoms with Crippen LogP contribution in [0.3, 0.4) is 0 Å². The number of ether oxygens (including phenoxy) is 1. The number of carbonyl (C=O) groups is 2. The molecule has 0 aromatic heterocycles. The van der Waals surface area contributed by atoms with Crippen LogP contribution in [-0.4, -0.2) is 41.8 Å². The number of benzene rings is 1. The van der Waals surface area contributed by atoms with Crippen molar-refractivity contribution >= 4 is 18.0 Å². The highest BCUT2D eigenvalue weighted by atomic mass is 19.2. The summed E-state index contributed by atoms with van der Waals surface area (Å²) in [4.78, 5) is 28.1. The van der Waals surface area contributed by atoms with Crippen molar-refractivity contribution < 1.29 is 37.0 Å². The smallest absolute Gasteiger partial charge is 0.322 e. The number of rotatable bonds is 7. The Morgan fingerprint density at radius 1 is 1.24 bits per heavy atom. The minimum Gasteiger partial charge on any atom is -0.465 e. The maximum atomic E-state index is 13.8. The highest BCUT2D eigenvalue weighted by molar-refractivity contribution is 6.18. The molecule has 1 aromatic carbocycles. The van der Waals surface area contributed by atoms with Gasteiger partial charge in [-0.2, -0.15) is 0 Å². The summed E-state index contributed by atoms with van der Waals surface area (Å²) in [6, 6.07) is 0.160. The van der Waals surface area contributed by atoms with Crippen molar-refractivity contribution in [3.05, 3.63) is 34.9 Å². The molecule has 1 unspecified atom stereocenters. The van der Waals surface area contributed by atoms with E-state index in [1.54, 1.807) is 0 Å². The molecule has 138 valence electrons. The average molecular weight is 363 g/mol. The minimum atomic E-state index is -2.17. The monoisotopic (exact) mass is 363 g/mol. The predicted molar refractivity (Wildman–Crippen MR) is 80.4 cm³/mol. The first-order valence-corrected chi connectivity index (χ1v) is 7.25. The van der Waals surface area contributed by atoms with Crippen LogP contribution in [0, 0.1) is 29.2 Å². The summed E-state index contributed by atoms with van der Waals surface area (Å²) in [5, 5.41) is 9.14. The molecule has 5 nitrogen and oxygen atoms in total. The summed E-state index contributed by atoms with van der Waals surface area (Å²) in [6.07, 6.45) is 0.801. The van der Waals surface area contributed by atoms with Crippen LogP contribution in [-0.2, 0) is 9.53 Å². The standard InChI is InChI=1S/C16H17F4NO4/c1-4-25-15(24)9(6-21-16(2,3)7-22)14(23)8-5-10(17)12(19)13(20)11(8)18/h5-6,9,22H,4,7H2,1-3H3. The van der Waals surface area contributed by atoms with E-state index in [0.717, 1.165) is 6.21 Å². The Morgan fingerprint density at radius 2 is 1.84 bits per heavy atom. The van der Waals surface area contributed by atoms with Crippen molar-refractivity contribution in [2.24, 2.45) is 10.9 Å². The third-order valence-electron chi connectivity index (χ3n) is 3.15. The first-order chi connectivity index (χ1) is 11.6. The third-order valence-corrected chi connectivity index (χ3v) is 3.15. The van der Waals surface area contributed by atoms with Gasteiger partial charge in [0, 0.05) is 6.21 Å². The second-order valence-electron chi connectivity index (χ2n) is 5.69. The van der Waals surface area contributed by atoms with Gasteiger partial charge in [0.25, 0.3) is 0 Å². The molecular weight excluding hydrogens is 346 g/mol. The summed E-state index contributed by atoms with van der Waals surface area (Å²) in [5.74, 6) is -12.2. The van der Waals surface area contributed by atoms with Gasteiger partial charge in [0.15, 0.2) is 35.0 Å². The molecule has 25 heavy (non-hydrogen) atoms. The fourth-order valence-electron chi connectivity index (χ4n) is 1.70. The minimum absolute atomic E-state index is 0.117. The van der Waals surface area contributed by atoms with E-state index in [0.29, 0.717) is 0 Å². The van der Waals surface area contributed by atoms with E-state index in [-0.39, 0.29) is 12.7 Å². The van der Waals surface area contributed by atoms with E-state index < -0.39 is 58.6 Å². The zero-order valence-electron chi connectivity index (χ0n) is 13.8. The number of hydrogen-bond acceptors (Lipinski definition) is 5. The normalized spacial score (nSPS) is 13.1. The quantitative estimate of drug-likeness (QED) is 0.154. The molecule has 1 aromatic rings. The second kappa shape index (κ2) is 8.19. The molecule has 0 radical (unpaired) electrons. The van der Waals surface area contributed by atoms with Crippen LogP contribution in [0.15, 0.2) is 11.1 Å². The fourth-order valence-corrected chi connectivity index (χ4v) is 1.70. The van der Waals surface area contributed by atoms with Crippen LogP contribution in [0.4, 0.5) is 17.6 Å². The van der Waals surface area contributed by atoms with E-state index in [9.17, 15) is 27.2 Å². The Hall–Kier alpha value is -2.29. The lowest BCUT2D eigenvalue weighted by Gasteiger charge is -2.17. The summed E-state index contributed by atoms with van der Waals surface area (Å²) in [6.45, 7) is 3.87. The Balaban J connectivity index is 3.36. The first-order valence-electron chi connectivity index (χ1n) is 7.25. The number of hydrogen-bond donors (Lipinski definition) is 1. The number of carbonyl (C=O) groups excluding carboxylic acids is 2. The number of halogens is 4. The van der Waals surface area contributed by atoms with Crippen LogP contribution < -0.4 is 0 Å². The molecule has 0 amide bonds. The average Bonchev–Trinajstić information content (AvgIpc) is 2.56. The van der Waals surface area contributed by atoms with Crippen molar-refractivity contribution in [3.8, 4) is 0 Å². The van der Waals surface area contributed by atoms with E-state index >= 15 is 0 Å². The van der Waals surface area contributed by atoms with Crippen LogP contribution in [0.2, 0.25) is 0 Å². The van der Waals surface area contributed by atoms with Crippen molar-refractivity contribution in [3.63, 3.8) is 0 Å². The molecule has 1 atom stereocenters. The van der Waals surface area contributed by atoms with Crippen molar-refractivity contribution in [1.29, 1.82) is 0 Å². The van der Waals surface area contributed by atoms with Gasteiger partial charge in [-0.3, -0.25) is 14.6 Å². The number of Topliss-reactive ketones (excluding diaryl/α,β-unsaturated/α-hetero) is 1. The lowest BCUT2D eigenvalue weighted by molar-refractivity contribution is -0.144. The molecule has 1 N–H and O–H groups in total. The van der Waals surface area contributed by atoms with Crippen molar-refractivity contribution in [1.82, 2.24) is 0 Å². The molecule has 9 heteroatoms. The maximum absolute atomic E-state index is 13.8. The van der Waals surface area contributed by atoms with Crippen LogP contribution in [0.25, 0.3) is 0 Å². The Labute approximate surface area is 141 Å². The van der Waals surface area contributed by atoms with Gasteiger partial charge in [-0.15, -0.1) is 0 Å². The van der Waals surface area contributed by atoms with Gasteiger partial charge in [0.2, 0.25) is 0 Å². The lowest BCUT2D eigenvalue weighted by atomic mass is 9.97. The van der Waals surface area contributed by atoms with Gasteiger partial charge in [0.05, 0.1) is 24.3 Å². The van der Waals surface area contributed by atoms with Crippen LogP contribution in [0.1, 0.15) is 31.1 Å². The van der Waals surface area contributed by atoms with Gasteiger partial charge >= 0.3 is 5.97 Å². The second-order valence-corrected chi connectivity index (χ2v) is 5.69. The van der Waals surface area contributed by atoms with Gasteiger partial charge in [-0.1, -0.05) is 0 Å². The van der Waals surface area contributed by atoms with Gasteiger partial charge in [-0.05, 0) is 26.8 Å². The van der Waals surface area contributed by atoms with Crippen LogP contribution in [0.5, 0.6) is 0 Å². The predicted octanol–water partition coefficient (Wildman–Crippen LogP) is 2.45. The molecule has 0 aliphatic carbocycles. The van der Waals surface area contributed by atoms with Gasteiger partial charge in [0.1, 0.15) is 0 Å². The zero-order chi connectivity index (χ0) is 19.4. The Bertz CT molecular complexity index is 704. The molecule has 0 bridgehead atoms. The number of aliphatic hydroxyl groups excluding tert-OH is 1. The molecular formula is C16H17F4NO4. The lowest BCUT2D eigenvalue weighted by Crippen LogP contribution is -2.31. The number of nitrogens with zero attached hydrogens (tertiary/aromatic N) is 1. The Morgan fingerprint density at radius 3 is 2.36 bits per heavy atom. The summed E-state index contributed by atoms with van der Waals surface area (Å²) >= 11 is 0. The highest BCUT2D eigenvalue weighted by Gasteiger charge is 2.33. The Kier molecular flexibility index (Phi) is 6.80. The topological polar surface area (TPSA) is 76.0 Å². The molecule has 0 aliphatic rings. The van der Waals surface area contributed by atoms with Crippen LogP contribution >= 0.6 is 0 Å². The molecule has 1 rings (SSSR count). The summed E-state index contributed by atoms with van der Waals surface area (Å²) in [5.41, 5.74) is -2.22. The molecule has 0 saturated heterocycles. The molecule has 0 aliphatic heterocycles. The van der Waals surface area contributed by atoms with E-state index in [2.05, 4.69) is 9.73 Å². The first kappa shape index (κ1) is 20.8. The number of esters is 1. The molecule has 0 spiro atoms. The molecule has 0 heterocycles. The maximum Gasteiger partial charge on any atom is 0.322 e. The molecule has 0 fully saturated rings. The largest absolute Gasteiger partial charge is 0.465 e. The summed E-state index contributed by atoms with van der Waals surface area (Å²) < 4.78 is 58.1. The van der Waals surface area contributed by atoms with Crippen molar-refractivity contribution in [2.75, 3.05) is 13.2 Å². The fraction of sp³-hybridized carbons (Fsp3) is 0.438. The zero-order valence-corrected chi connectivity index (χ0v) is 13.8. The number of aliphatic imine (C=N–C) groups is 1. The van der Waals surface area contributed by atoms with Crippen molar-refractivity contribution in [2.45, 2.75) is 26.3 Å². The number of ketones is 1. The van der Waals surface area contributed by atoms with E-state index in [1.165, 1.54) is 20.8 Å². The SMILES string of the molecule is CCOC(=O)C(C=NC(C)(C)CO)C(=O)c1cc(F)c(F)c(F)c1F. The highest BCUT2D eigenvalue weighted by Crippen LogP contribution is 2.22. The summed E-state index contributed by atoms with van der Waals surface area (Å²) in [7, 11) is 0.